The number of ether oxygens (including phenoxy) is 1. The molecule has 1 fully saturated rings. The highest BCUT2D eigenvalue weighted by Crippen LogP contribution is 2.24. The summed E-state index contributed by atoms with van der Waals surface area (Å²) in [7, 11) is 0. The zero-order valence-electron chi connectivity index (χ0n) is 13.2. The first-order valence-electron chi connectivity index (χ1n) is 7.59. The fourth-order valence-corrected chi connectivity index (χ4v) is 2.55. The van der Waals surface area contributed by atoms with E-state index >= 15 is 0 Å². The van der Waals surface area contributed by atoms with Crippen LogP contribution in [0.1, 0.15) is 19.8 Å². The molecule has 1 aliphatic rings. The molecule has 24 heavy (non-hydrogen) atoms. The number of amides is 2. The van der Waals surface area contributed by atoms with E-state index in [1.165, 1.54) is 11.0 Å². The molecule has 1 unspecified atom stereocenters. The number of carbonyl (C=O) groups excluding carboxylic acids is 2. The average Bonchev–Trinajstić information content (AvgIpc) is 2.56. The molecule has 8 nitrogen and oxygen atoms in total. The normalized spacial score (nSPS) is 17.2. The lowest BCUT2D eigenvalue weighted by molar-refractivity contribution is -0.387. The summed E-state index contributed by atoms with van der Waals surface area (Å²) in [6, 6.07) is 3.16. The molecule has 130 valence electrons. The molecule has 1 heterocycles. The number of rotatable bonds is 4. The van der Waals surface area contributed by atoms with Crippen LogP contribution in [0.4, 0.5) is 20.6 Å². The molecule has 1 N–H and O–H groups in total. The first kappa shape index (κ1) is 17.6. The number of nitrogens with one attached hydrogen (secondary N) is 1. The van der Waals surface area contributed by atoms with Crippen molar-refractivity contribution in [3.63, 3.8) is 0 Å². The third-order valence-electron chi connectivity index (χ3n) is 3.73. The molecular weight excluding hydrogens is 321 g/mol. The van der Waals surface area contributed by atoms with E-state index in [1.54, 1.807) is 6.92 Å². The number of hydrogen-bond acceptors (Lipinski definition) is 5. The Labute approximate surface area is 137 Å². The minimum atomic E-state index is -0.968. The molecule has 0 spiro atoms. The van der Waals surface area contributed by atoms with Crippen LogP contribution in [0.2, 0.25) is 0 Å². The van der Waals surface area contributed by atoms with Gasteiger partial charge in [0, 0.05) is 24.8 Å². The minimum Gasteiger partial charge on any atom is -0.450 e. The highest BCUT2D eigenvalue weighted by atomic mass is 19.1. The molecule has 0 aliphatic carbocycles. The SMILES string of the molecule is CCOC(=O)N1CCCC(C(=O)Nc2ccc(F)c([N+](=O)[O-])c2)C1. The summed E-state index contributed by atoms with van der Waals surface area (Å²) in [5.41, 5.74) is -0.564. The Bertz CT molecular complexity index is 652. The maximum Gasteiger partial charge on any atom is 0.409 e. The van der Waals surface area contributed by atoms with Gasteiger partial charge in [0.2, 0.25) is 11.7 Å². The molecule has 2 amide bonds. The van der Waals surface area contributed by atoms with Crippen molar-refractivity contribution < 1.29 is 23.6 Å². The predicted molar refractivity (Wildman–Crippen MR) is 83.0 cm³/mol. The largest absolute Gasteiger partial charge is 0.450 e. The van der Waals surface area contributed by atoms with Gasteiger partial charge in [-0.25, -0.2) is 4.79 Å². The van der Waals surface area contributed by atoms with Crippen molar-refractivity contribution in [2.24, 2.45) is 5.92 Å². The van der Waals surface area contributed by atoms with Crippen LogP contribution < -0.4 is 5.32 Å². The number of piperidine rings is 1. The Hall–Kier alpha value is -2.71. The van der Waals surface area contributed by atoms with Crippen molar-refractivity contribution in [1.82, 2.24) is 4.90 Å². The topological polar surface area (TPSA) is 102 Å². The second kappa shape index (κ2) is 7.71. The summed E-state index contributed by atoms with van der Waals surface area (Å²) in [4.78, 5) is 35.4. The van der Waals surface area contributed by atoms with Crippen molar-refractivity contribution in [3.8, 4) is 0 Å². The van der Waals surface area contributed by atoms with Crippen LogP contribution in [0.25, 0.3) is 0 Å². The number of benzene rings is 1. The Morgan fingerprint density at radius 2 is 2.25 bits per heavy atom. The smallest absolute Gasteiger partial charge is 0.409 e. The van der Waals surface area contributed by atoms with Crippen LogP contribution >= 0.6 is 0 Å². The highest BCUT2D eigenvalue weighted by Gasteiger charge is 2.29. The Morgan fingerprint density at radius 3 is 2.92 bits per heavy atom. The van der Waals surface area contributed by atoms with E-state index in [2.05, 4.69) is 5.32 Å². The van der Waals surface area contributed by atoms with Gasteiger partial charge in [-0.1, -0.05) is 0 Å². The number of carbonyl (C=O) groups is 2. The maximum absolute atomic E-state index is 13.3. The second-order valence-electron chi connectivity index (χ2n) is 5.40. The van der Waals surface area contributed by atoms with E-state index in [1.807, 2.05) is 0 Å². The number of hydrogen-bond donors (Lipinski definition) is 1. The summed E-state index contributed by atoms with van der Waals surface area (Å²) in [5, 5.41) is 13.3. The molecule has 1 aliphatic heterocycles. The predicted octanol–water partition coefficient (Wildman–Crippen LogP) is 2.54. The van der Waals surface area contributed by atoms with Crippen molar-refractivity contribution in [3.05, 3.63) is 34.1 Å². The van der Waals surface area contributed by atoms with Crippen LogP contribution in [0.15, 0.2) is 18.2 Å². The van der Waals surface area contributed by atoms with Crippen molar-refractivity contribution in [1.29, 1.82) is 0 Å². The van der Waals surface area contributed by atoms with Crippen LogP contribution in [0.3, 0.4) is 0 Å². The monoisotopic (exact) mass is 339 g/mol. The van der Waals surface area contributed by atoms with Gasteiger partial charge in [-0.05, 0) is 31.9 Å². The van der Waals surface area contributed by atoms with E-state index in [0.29, 0.717) is 19.4 Å². The van der Waals surface area contributed by atoms with Crippen LogP contribution in [-0.4, -0.2) is 41.5 Å². The number of nitro benzene ring substituents is 1. The summed E-state index contributed by atoms with van der Waals surface area (Å²) >= 11 is 0. The van der Waals surface area contributed by atoms with Gasteiger partial charge >= 0.3 is 11.8 Å². The van der Waals surface area contributed by atoms with Crippen LogP contribution in [0, 0.1) is 21.8 Å². The number of anilines is 1. The molecule has 1 atom stereocenters. The zero-order valence-corrected chi connectivity index (χ0v) is 13.2. The van der Waals surface area contributed by atoms with E-state index < -0.39 is 28.4 Å². The minimum absolute atomic E-state index is 0.140. The lowest BCUT2D eigenvalue weighted by Gasteiger charge is -2.31. The average molecular weight is 339 g/mol. The fraction of sp³-hybridized carbons (Fsp3) is 0.467. The zero-order chi connectivity index (χ0) is 17.7. The molecule has 0 aromatic heterocycles. The van der Waals surface area contributed by atoms with Gasteiger partial charge in [0.1, 0.15) is 0 Å². The number of nitro groups is 1. The molecule has 0 saturated carbocycles. The molecule has 0 radical (unpaired) electrons. The Morgan fingerprint density at radius 1 is 1.50 bits per heavy atom. The summed E-state index contributed by atoms with van der Waals surface area (Å²) in [6.45, 7) is 2.69. The third kappa shape index (κ3) is 4.18. The summed E-state index contributed by atoms with van der Waals surface area (Å²) in [6.07, 6.45) is 0.776. The van der Waals surface area contributed by atoms with Crippen molar-refractivity contribution in [2.45, 2.75) is 19.8 Å². The van der Waals surface area contributed by atoms with Gasteiger partial charge in [-0.3, -0.25) is 14.9 Å². The molecular formula is C15H18FN3O5. The van der Waals surface area contributed by atoms with Gasteiger partial charge in [0.05, 0.1) is 17.4 Å². The quantitative estimate of drug-likeness (QED) is 0.671. The first-order chi connectivity index (χ1) is 11.4. The Balaban J connectivity index is 2.03. The maximum atomic E-state index is 13.3. The van der Waals surface area contributed by atoms with Crippen molar-refractivity contribution in [2.75, 3.05) is 25.0 Å². The van der Waals surface area contributed by atoms with Crippen molar-refractivity contribution >= 4 is 23.4 Å². The van der Waals surface area contributed by atoms with E-state index in [-0.39, 0.29) is 24.7 Å². The van der Waals surface area contributed by atoms with Gasteiger partial charge < -0.3 is 15.0 Å². The van der Waals surface area contributed by atoms with E-state index in [0.717, 1.165) is 12.1 Å². The third-order valence-corrected chi connectivity index (χ3v) is 3.73. The standard InChI is InChI=1S/C15H18FN3O5/c1-2-24-15(21)18-7-3-4-10(9-18)14(20)17-11-5-6-12(16)13(8-11)19(22)23/h5-6,8,10H,2-4,7,9H2,1H3,(H,17,20). The van der Waals surface area contributed by atoms with Gasteiger partial charge in [0.25, 0.3) is 0 Å². The van der Waals surface area contributed by atoms with Gasteiger partial charge in [-0.15, -0.1) is 0 Å². The molecule has 9 heteroatoms. The van der Waals surface area contributed by atoms with Crippen LogP contribution in [-0.2, 0) is 9.53 Å². The molecule has 2 rings (SSSR count). The lowest BCUT2D eigenvalue weighted by Crippen LogP contribution is -2.44. The summed E-state index contributed by atoms with van der Waals surface area (Å²) < 4.78 is 18.2. The number of nitrogens with zero attached hydrogens (tertiary/aromatic N) is 2. The Kier molecular flexibility index (Phi) is 5.67. The fourth-order valence-electron chi connectivity index (χ4n) is 2.55. The van der Waals surface area contributed by atoms with Crippen LogP contribution in [0.5, 0.6) is 0 Å². The van der Waals surface area contributed by atoms with E-state index in [4.69, 9.17) is 4.74 Å². The van der Waals surface area contributed by atoms with Gasteiger partial charge in [0.15, 0.2) is 0 Å². The summed E-state index contributed by atoms with van der Waals surface area (Å²) in [5.74, 6) is -1.79. The highest BCUT2D eigenvalue weighted by molar-refractivity contribution is 5.93. The molecule has 1 aromatic carbocycles. The molecule has 1 saturated heterocycles. The second-order valence-corrected chi connectivity index (χ2v) is 5.40. The number of likely N-dealkylation sites (tertiary alicyclic amines) is 1. The van der Waals surface area contributed by atoms with Gasteiger partial charge in [-0.2, -0.15) is 4.39 Å². The lowest BCUT2D eigenvalue weighted by atomic mass is 9.97. The first-order valence-corrected chi connectivity index (χ1v) is 7.59. The molecule has 1 aromatic rings. The number of halogens is 1. The molecule has 0 bridgehead atoms. The van der Waals surface area contributed by atoms with E-state index in [9.17, 15) is 24.1 Å².